The van der Waals surface area contributed by atoms with Crippen LogP contribution in [-0.4, -0.2) is 46.1 Å². The predicted molar refractivity (Wildman–Crippen MR) is 192 cm³/mol. The van der Waals surface area contributed by atoms with Gasteiger partial charge in [0.2, 0.25) is 0 Å². The Kier molecular flexibility index (Phi) is 10.8. The van der Waals surface area contributed by atoms with Crippen LogP contribution in [0.15, 0.2) is 85.5 Å². The summed E-state index contributed by atoms with van der Waals surface area (Å²) in [7, 11) is 0. The quantitative estimate of drug-likeness (QED) is 0.154. The number of aromatic nitrogens is 6. The number of amides is 1. The molecule has 1 amide bonds. The van der Waals surface area contributed by atoms with Gasteiger partial charge in [0.1, 0.15) is 21.7 Å². The number of primary amides is 1. The Balaban J connectivity index is 0.000000194. The van der Waals surface area contributed by atoms with E-state index in [0.29, 0.717) is 38.4 Å². The normalized spacial score (nSPS) is 10.2. The number of pyridine rings is 4. The smallest absolute Gasteiger partial charge is 0.352 e. The lowest BCUT2D eigenvalue weighted by atomic mass is 10.2. The first kappa shape index (κ1) is 35.1. The molecule has 12 heteroatoms. The fourth-order valence-electron chi connectivity index (χ4n) is 4.89. The van der Waals surface area contributed by atoms with Gasteiger partial charge in [-0.3, -0.25) is 14.8 Å². The predicted octanol–water partition coefficient (Wildman–Crippen LogP) is 6.67. The molecule has 6 heterocycles. The summed E-state index contributed by atoms with van der Waals surface area (Å²) in [6, 6.07) is 17.5. The summed E-state index contributed by atoms with van der Waals surface area (Å²) >= 11 is 11.7. The minimum absolute atomic E-state index is 0.139. The number of hydrogen-bond donors (Lipinski definition) is 2. The van der Waals surface area contributed by atoms with Crippen molar-refractivity contribution < 1.29 is 14.7 Å². The number of carboxylic acid groups (broad SMARTS) is 1. The summed E-state index contributed by atoms with van der Waals surface area (Å²) in [5, 5.41) is 10.3. The highest BCUT2D eigenvalue weighted by atomic mass is 35.5. The zero-order valence-electron chi connectivity index (χ0n) is 27.4. The Morgan fingerprint density at radius 3 is 1.46 bits per heavy atom. The van der Waals surface area contributed by atoms with Crippen molar-refractivity contribution in [3.63, 3.8) is 0 Å². The van der Waals surface area contributed by atoms with Crippen molar-refractivity contribution in [1.82, 2.24) is 29.1 Å². The average Bonchev–Trinajstić information content (AvgIpc) is 3.60. The Hall–Kier alpha value is -6.20. The van der Waals surface area contributed by atoms with Gasteiger partial charge in [-0.25, -0.2) is 14.8 Å². The summed E-state index contributed by atoms with van der Waals surface area (Å²) in [5.41, 5.74) is 13.6. The largest absolute Gasteiger partial charge is 0.477 e. The number of carboxylic acids is 1. The molecule has 0 aliphatic rings. The SMILES string of the molecule is Cc1ccc(-n2c(C(=O)O)cc(C#Cc3ccnc(Cl)c3)c2C)cn1.Cc1ccc(-n2c(C(N)=O)cc(C#Cc3ccnc(Cl)c3)c2C)cn1. The molecule has 0 aliphatic heterocycles. The van der Waals surface area contributed by atoms with Crippen molar-refractivity contribution in [3.8, 4) is 35.1 Å². The topological polar surface area (TPSA) is 142 Å². The second-order valence-electron chi connectivity index (χ2n) is 10.9. The lowest BCUT2D eigenvalue weighted by Crippen LogP contribution is -2.16. The van der Waals surface area contributed by atoms with Crippen molar-refractivity contribution in [2.45, 2.75) is 27.7 Å². The number of nitrogens with two attached hydrogens (primary N) is 1. The fourth-order valence-corrected chi connectivity index (χ4v) is 5.24. The molecule has 50 heavy (non-hydrogen) atoms. The highest BCUT2D eigenvalue weighted by Gasteiger charge is 2.18. The molecule has 0 unspecified atom stereocenters. The number of aryl methyl sites for hydroxylation is 2. The van der Waals surface area contributed by atoms with Gasteiger partial charge < -0.3 is 20.0 Å². The number of rotatable bonds is 4. The van der Waals surface area contributed by atoms with Crippen LogP contribution in [0.2, 0.25) is 10.3 Å². The molecule has 0 saturated heterocycles. The molecular weight excluding hydrogens is 673 g/mol. The van der Waals surface area contributed by atoms with Crippen molar-refractivity contribution in [1.29, 1.82) is 0 Å². The molecular formula is C38H29Cl2N7O3. The minimum atomic E-state index is -1.02. The van der Waals surface area contributed by atoms with Crippen LogP contribution >= 0.6 is 23.2 Å². The van der Waals surface area contributed by atoms with Gasteiger partial charge >= 0.3 is 5.97 Å². The first-order chi connectivity index (χ1) is 23.9. The second-order valence-corrected chi connectivity index (χ2v) is 11.7. The molecule has 6 aromatic rings. The molecule has 0 atom stereocenters. The van der Waals surface area contributed by atoms with Crippen LogP contribution in [0.25, 0.3) is 11.4 Å². The molecule has 6 aromatic heterocycles. The van der Waals surface area contributed by atoms with Gasteiger partial charge in [-0.1, -0.05) is 46.9 Å². The average molecular weight is 703 g/mol. The van der Waals surface area contributed by atoms with E-state index < -0.39 is 11.9 Å². The van der Waals surface area contributed by atoms with Crippen LogP contribution in [0.4, 0.5) is 0 Å². The number of halogens is 2. The Morgan fingerprint density at radius 2 is 1.08 bits per heavy atom. The van der Waals surface area contributed by atoms with E-state index in [1.54, 1.807) is 70.3 Å². The third kappa shape index (κ3) is 8.26. The zero-order valence-corrected chi connectivity index (χ0v) is 28.9. The van der Waals surface area contributed by atoms with Crippen molar-refractivity contribution in [2.75, 3.05) is 0 Å². The van der Waals surface area contributed by atoms with E-state index >= 15 is 0 Å². The maximum absolute atomic E-state index is 11.9. The second kappa shape index (κ2) is 15.3. The molecule has 0 fully saturated rings. The van der Waals surface area contributed by atoms with E-state index in [2.05, 4.69) is 43.6 Å². The van der Waals surface area contributed by atoms with Crippen LogP contribution in [0, 0.1) is 51.4 Å². The monoisotopic (exact) mass is 701 g/mol. The number of carbonyl (C=O) groups excluding carboxylic acids is 1. The van der Waals surface area contributed by atoms with E-state index in [4.69, 9.17) is 28.9 Å². The van der Waals surface area contributed by atoms with Gasteiger partial charge in [0.15, 0.2) is 0 Å². The van der Waals surface area contributed by atoms with Crippen molar-refractivity contribution in [2.24, 2.45) is 5.73 Å². The van der Waals surface area contributed by atoms with Gasteiger partial charge in [0.05, 0.1) is 23.8 Å². The summed E-state index contributed by atoms with van der Waals surface area (Å²) < 4.78 is 3.40. The summed E-state index contributed by atoms with van der Waals surface area (Å²) in [4.78, 5) is 39.8. The van der Waals surface area contributed by atoms with Crippen molar-refractivity contribution in [3.05, 3.63) is 152 Å². The fraction of sp³-hybridized carbons (Fsp3) is 0.105. The Bertz CT molecular complexity index is 2190. The first-order valence-electron chi connectivity index (χ1n) is 15.0. The first-order valence-corrected chi connectivity index (χ1v) is 15.8. The third-order valence-corrected chi connectivity index (χ3v) is 7.82. The number of nitrogens with zero attached hydrogens (tertiary/aromatic N) is 6. The van der Waals surface area contributed by atoms with Gasteiger partial charge in [-0.05, 0) is 88.4 Å². The van der Waals surface area contributed by atoms with Crippen molar-refractivity contribution >= 4 is 35.1 Å². The lowest BCUT2D eigenvalue weighted by Gasteiger charge is -2.09. The van der Waals surface area contributed by atoms with Crippen LogP contribution < -0.4 is 5.73 Å². The van der Waals surface area contributed by atoms with E-state index in [0.717, 1.165) is 34.0 Å². The van der Waals surface area contributed by atoms with Crippen LogP contribution in [0.1, 0.15) is 66.0 Å². The minimum Gasteiger partial charge on any atom is -0.477 e. The van der Waals surface area contributed by atoms with E-state index in [-0.39, 0.29) is 5.69 Å². The molecule has 0 aliphatic carbocycles. The number of hydrogen-bond acceptors (Lipinski definition) is 6. The molecule has 0 spiro atoms. The maximum atomic E-state index is 11.9. The molecule has 0 saturated carbocycles. The highest BCUT2D eigenvalue weighted by Crippen LogP contribution is 2.22. The Morgan fingerprint density at radius 1 is 0.640 bits per heavy atom. The lowest BCUT2D eigenvalue weighted by molar-refractivity contribution is 0.0687. The van der Waals surface area contributed by atoms with Gasteiger partial charge in [0.25, 0.3) is 5.91 Å². The summed E-state index contributed by atoms with van der Waals surface area (Å²) in [6.07, 6.45) is 6.52. The van der Waals surface area contributed by atoms with E-state index in [1.807, 2.05) is 52.0 Å². The molecule has 6 rings (SSSR count). The highest BCUT2D eigenvalue weighted by molar-refractivity contribution is 6.29. The molecule has 0 bridgehead atoms. The zero-order chi connectivity index (χ0) is 35.9. The van der Waals surface area contributed by atoms with E-state index in [9.17, 15) is 14.7 Å². The number of carbonyl (C=O) groups is 2. The summed E-state index contributed by atoms with van der Waals surface area (Å²) in [5.74, 6) is 10.5. The molecule has 3 N–H and O–H groups in total. The molecule has 10 nitrogen and oxygen atoms in total. The standard InChI is InChI=1S/C19H15ClN4O.C19H14ClN3O2/c1-12-3-6-16(11-23-12)24-13(2)15(10-17(24)19(21)25)5-4-14-7-8-22-18(20)9-14;1-12-3-6-16(11-22-12)23-13(2)15(10-17(23)19(24)25)5-4-14-7-8-21-18(20)9-14/h3,6-11H,1-2H3,(H2,21,25);3,6-11H,1-2H3,(H,24,25). The third-order valence-electron chi connectivity index (χ3n) is 7.41. The number of aromatic carboxylic acids is 1. The van der Waals surface area contributed by atoms with Crippen LogP contribution in [-0.2, 0) is 0 Å². The summed E-state index contributed by atoms with van der Waals surface area (Å²) in [6.45, 7) is 7.49. The molecule has 248 valence electrons. The molecule has 0 radical (unpaired) electrons. The molecule has 0 aromatic carbocycles. The maximum Gasteiger partial charge on any atom is 0.352 e. The van der Waals surface area contributed by atoms with Gasteiger partial charge in [-0.15, -0.1) is 0 Å². The van der Waals surface area contributed by atoms with Gasteiger partial charge in [0, 0.05) is 57.4 Å². The Labute approximate surface area is 298 Å². The van der Waals surface area contributed by atoms with Crippen LogP contribution in [0.3, 0.4) is 0 Å². The van der Waals surface area contributed by atoms with Gasteiger partial charge in [-0.2, -0.15) is 0 Å². The van der Waals surface area contributed by atoms with Crippen LogP contribution in [0.5, 0.6) is 0 Å². The van der Waals surface area contributed by atoms with E-state index in [1.165, 1.54) is 0 Å².